The number of amides is 1. The van der Waals surface area contributed by atoms with Gasteiger partial charge in [0.05, 0.1) is 0 Å². The molecule has 0 radical (unpaired) electrons. The fourth-order valence-electron chi connectivity index (χ4n) is 2.66. The van der Waals surface area contributed by atoms with Crippen LogP contribution >= 0.6 is 0 Å². The smallest absolute Gasteiger partial charge is 0.322 e. The first kappa shape index (κ1) is 16.3. The summed E-state index contributed by atoms with van der Waals surface area (Å²) >= 11 is 0. The molecule has 7 nitrogen and oxygen atoms in total. The molecule has 4 rings (SSSR count). The Morgan fingerprint density at radius 3 is 2.54 bits per heavy atom. The van der Waals surface area contributed by atoms with Gasteiger partial charge in [0.1, 0.15) is 17.6 Å². The van der Waals surface area contributed by atoms with Gasteiger partial charge in [-0.15, -0.1) is 5.10 Å². The van der Waals surface area contributed by atoms with Gasteiger partial charge < -0.3 is 13.9 Å². The van der Waals surface area contributed by atoms with Gasteiger partial charge in [-0.05, 0) is 49.2 Å². The molecule has 2 heterocycles. The van der Waals surface area contributed by atoms with E-state index in [0.29, 0.717) is 23.8 Å². The van der Waals surface area contributed by atoms with Gasteiger partial charge in [-0.2, -0.15) is 0 Å². The van der Waals surface area contributed by atoms with Crippen molar-refractivity contribution < 1.29 is 18.7 Å². The van der Waals surface area contributed by atoms with Crippen molar-refractivity contribution in [1.29, 1.82) is 0 Å². The van der Waals surface area contributed by atoms with E-state index in [2.05, 4.69) is 15.5 Å². The molecule has 1 aliphatic rings. The largest absolute Gasteiger partial charge is 0.457 e. The average Bonchev–Trinajstić information content (AvgIpc) is 3.35. The highest BCUT2D eigenvalue weighted by atomic mass is 16.5. The third-order valence-electron chi connectivity index (χ3n) is 3.96. The zero-order chi connectivity index (χ0) is 17.8. The lowest BCUT2D eigenvalue weighted by Gasteiger charge is -2.06. The highest BCUT2D eigenvalue weighted by Crippen LogP contribution is 2.28. The number of nitrogens with one attached hydrogen (secondary N) is 1. The molecule has 0 saturated carbocycles. The molecule has 1 atom stereocenters. The molecule has 1 aromatic heterocycles. The van der Waals surface area contributed by atoms with Crippen molar-refractivity contribution in [2.75, 3.05) is 11.9 Å². The van der Waals surface area contributed by atoms with E-state index in [0.717, 1.165) is 18.6 Å². The number of nitrogens with zero attached hydrogens (tertiary/aromatic N) is 2. The SMILES string of the molecule is O=C(Nc1nnc([C@H]2CCCO2)o1)c1ccc(Oc2ccccc2)cc1. The lowest BCUT2D eigenvalue weighted by molar-refractivity contribution is 0.0893. The van der Waals surface area contributed by atoms with Crippen molar-refractivity contribution in [2.24, 2.45) is 0 Å². The van der Waals surface area contributed by atoms with Crippen LogP contribution in [0, 0.1) is 0 Å². The summed E-state index contributed by atoms with van der Waals surface area (Å²) in [4.78, 5) is 12.3. The van der Waals surface area contributed by atoms with Crippen molar-refractivity contribution in [3.63, 3.8) is 0 Å². The van der Waals surface area contributed by atoms with E-state index >= 15 is 0 Å². The highest BCUT2D eigenvalue weighted by molar-refractivity contribution is 6.03. The van der Waals surface area contributed by atoms with Gasteiger partial charge in [0.2, 0.25) is 5.89 Å². The lowest BCUT2D eigenvalue weighted by atomic mass is 10.2. The monoisotopic (exact) mass is 351 g/mol. The molecule has 2 aromatic carbocycles. The van der Waals surface area contributed by atoms with E-state index in [-0.39, 0.29) is 18.0 Å². The van der Waals surface area contributed by atoms with E-state index in [9.17, 15) is 4.79 Å². The van der Waals surface area contributed by atoms with Gasteiger partial charge in [0, 0.05) is 12.2 Å². The van der Waals surface area contributed by atoms with Crippen LogP contribution in [0.1, 0.15) is 35.2 Å². The van der Waals surface area contributed by atoms with Gasteiger partial charge in [0.15, 0.2) is 0 Å². The second-order valence-electron chi connectivity index (χ2n) is 5.84. The van der Waals surface area contributed by atoms with Crippen LogP contribution in [0.15, 0.2) is 59.0 Å². The Morgan fingerprint density at radius 1 is 1.04 bits per heavy atom. The van der Waals surface area contributed by atoms with Gasteiger partial charge in [0.25, 0.3) is 5.91 Å². The quantitative estimate of drug-likeness (QED) is 0.748. The van der Waals surface area contributed by atoms with Gasteiger partial charge >= 0.3 is 6.01 Å². The minimum absolute atomic E-state index is 0.0603. The molecule has 132 valence electrons. The number of carbonyl (C=O) groups excluding carboxylic acids is 1. The van der Waals surface area contributed by atoms with Gasteiger partial charge in [-0.3, -0.25) is 10.1 Å². The Labute approximate surface area is 150 Å². The maximum atomic E-state index is 12.3. The molecule has 3 aromatic rings. The first-order chi connectivity index (χ1) is 12.8. The zero-order valence-corrected chi connectivity index (χ0v) is 13.9. The van der Waals surface area contributed by atoms with E-state index in [1.807, 2.05) is 30.3 Å². The fourth-order valence-corrected chi connectivity index (χ4v) is 2.66. The third kappa shape index (κ3) is 3.73. The topological polar surface area (TPSA) is 86.5 Å². The zero-order valence-electron chi connectivity index (χ0n) is 13.9. The lowest BCUT2D eigenvalue weighted by Crippen LogP contribution is -2.11. The second-order valence-corrected chi connectivity index (χ2v) is 5.84. The number of hydrogen-bond acceptors (Lipinski definition) is 6. The summed E-state index contributed by atoms with van der Waals surface area (Å²) in [7, 11) is 0. The minimum Gasteiger partial charge on any atom is -0.457 e. The summed E-state index contributed by atoms with van der Waals surface area (Å²) in [5, 5.41) is 10.4. The number of carbonyl (C=O) groups is 1. The summed E-state index contributed by atoms with van der Waals surface area (Å²) in [6.45, 7) is 0.687. The molecular formula is C19H17N3O4. The van der Waals surface area contributed by atoms with Crippen LogP contribution in [-0.2, 0) is 4.74 Å². The number of rotatable bonds is 5. The van der Waals surface area contributed by atoms with Crippen LogP contribution in [0.3, 0.4) is 0 Å². The standard InChI is InChI=1S/C19H17N3O4/c23-17(20-19-22-21-18(26-19)16-7-4-12-24-16)13-8-10-15(11-9-13)25-14-5-2-1-3-6-14/h1-3,5-6,8-11,16H,4,7,12H2,(H,20,22,23)/t16-/m1/s1. The van der Waals surface area contributed by atoms with E-state index in [1.165, 1.54) is 0 Å². The predicted molar refractivity (Wildman–Crippen MR) is 93.1 cm³/mol. The maximum absolute atomic E-state index is 12.3. The van der Waals surface area contributed by atoms with Crippen LogP contribution in [0.5, 0.6) is 11.5 Å². The first-order valence-corrected chi connectivity index (χ1v) is 8.37. The maximum Gasteiger partial charge on any atom is 0.322 e. The Bertz CT molecular complexity index is 871. The van der Waals surface area contributed by atoms with Gasteiger partial charge in [-0.1, -0.05) is 23.3 Å². The Hall–Kier alpha value is -3.19. The van der Waals surface area contributed by atoms with Crippen molar-refractivity contribution in [1.82, 2.24) is 10.2 Å². The average molecular weight is 351 g/mol. The minimum atomic E-state index is -0.334. The fraction of sp³-hybridized carbons (Fsp3) is 0.211. The molecule has 1 saturated heterocycles. The molecule has 0 unspecified atom stereocenters. The number of para-hydroxylation sites is 1. The van der Waals surface area contributed by atoms with Crippen LogP contribution in [0.25, 0.3) is 0 Å². The Kier molecular flexibility index (Phi) is 4.61. The molecule has 0 aliphatic carbocycles. The highest BCUT2D eigenvalue weighted by Gasteiger charge is 2.24. The molecule has 7 heteroatoms. The summed E-state index contributed by atoms with van der Waals surface area (Å²) in [5.74, 6) is 1.44. The van der Waals surface area contributed by atoms with Crippen molar-refractivity contribution in [2.45, 2.75) is 18.9 Å². The van der Waals surface area contributed by atoms with Crippen molar-refractivity contribution in [3.05, 3.63) is 66.1 Å². The molecule has 1 amide bonds. The number of aromatic nitrogens is 2. The molecule has 1 N–H and O–H groups in total. The summed E-state index contributed by atoms with van der Waals surface area (Å²) in [6.07, 6.45) is 1.63. The molecule has 26 heavy (non-hydrogen) atoms. The summed E-state index contributed by atoms with van der Waals surface area (Å²) < 4.78 is 16.6. The molecule has 1 aliphatic heterocycles. The van der Waals surface area contributed by atoms with Crippen LogP contribution in [0.4, 0.5) is 6.01 Å². The van der Waals surface area contributed by atoms with Gasteiger partial charge in [-0.25, -0.2) is 0 Å². The molecule has 0 spiro atoms. The van der Waals surface area contributed by atoms with Crippen molar-refractivity contribution >= 4 is 11.9 Å². The van der Waals surface area contributed by atoms with E-state index < -0.39 is 0 Å². The van der Waals surface area contributed by atoms with Crippen molar-refractivity contribution in [3.8, 4) is 11.5 Å². The Morgan fingerprint density at radius 2 is 1.81 bits per heavy atom. The number of hydrogen-bond donors (Lipinski definition) is 1. The Balaban J connectivity index is 1.38. The van der Waals surface area contributed by atoms with E-state index in [4.69, 9.17) is 13.9 Å². The van der Waals surface area contributed by atoms with Crippen LogP contribution < -0.4 is 10.1 Å². The summed E-state index contributed by atoms with van der Waals surface area (Å²) in [6, 6.07) is 16.3. The second kappa shape index (κ2) is 7.37. The first-order valence-electron chi connectivity index (χ1n) is 8.37. The van der Waals surface area contributed by atoms with Crippen LogP contribution in [-0.4, -0.2) is 22.7 Å². The normalized spacial score (nSPS) is 16.4. The van der Waals surface area contributed by atoms with E-state index in [1.54, 1.807) is 24.3 Å². The molecule has 0 bridgehead atoms. The number of ether oxygens (including phenoxy) is 2. The molecule has 1 fully saturated rings. The predicted octanol–water partition coefficient (Wildman–Crippen LogP) is 3.97. The number of anilines is 1. The van der Waals surface area contributed by atoms with Crippen LogP contribution in [0.2, 0.25) is 0 Å². The number of benzene rings is 2. The summed E-state index contributed by atoms with van der Waals surface area (Å²) in [5.41, 5.74) is 0.460. The third-order valence-corrected chi connectivity index (χ3v) is 3.96. The molecular weight excluding hydrogens is 334 g/mol.